The molecule has 0 radical (unpaired) electrons. The minimum atomic E-state index is -0.469. The summed E-state index contributed by atoms with van der Waals surface area (Å²) in [6.45, 7) is 3.87. The Hall–Kier alpha value is -0.410. The van der Waals surface area contributed by atoms with Gasteiger partial charge < -0.3 is 4.90 Å². The first kappa shape index (κ1) is 9.59. The Morgan fingerprint density at radius 2 is 2.20 bits per heavy atom. The van der Waals surface area contributed by atoms with Crippen molar-refractivity contribution in [2.45, 2.75) is 0 Å². The number of amides is 2. The number of carbonyl (C=O) groups excluding carboxylic acids is 1. The van der Waals surface area contributed by atoms with Crippen LogP contribution in [0.1, 0.15) is 0 Å². The lowest BCUT2D eigenvalue weighted by Gasteiger charge is -2.15. The molecule has 0 rings (SSSR count). The highest BCUT2D eigenvalue weighted by Gasteiger charge is 2.11. The number of carbonyl (C=O) groups is 1. The molecular formula is C5H8Cl2N2O. The van der Waals surface area contributed by atoms with Gasteiger partial charge in [0.2, 0.25) is 0 Å². The highest BCUT2D eigenvalue weighted by atomic mass is 35.5. The smallest absolute Gasteiger partial charge is 0.322 e. The van der Waals surface area contributed by atoms with Crippen molar-refractivity contribution < 1.29 is 4.79 Å². The Kier molecular flexibility index (Phi) is 4.23. The minimum absolute atomic E-state index is 0.425. The molecule has 0 atom stereocenters. The van der Waals surface area contributed by atoms with Crippen LogP contribution in [0, 0.1) is 0 Å². The summed E-state index contributed by atoms with van der Waals surface area (Å²) in [7, 11) is 1.57. The molecule has 0 unspecified atom stereocenters. The first-order valence-electron chi connectivity index (χ1n) is 2.57. The molecule has 0 aliphatic rings. The predicted molar refractivity (Wildman–Crippen MR) is 41.8 cm³/mol. The normalized spacial score (nSPS) is 8.70. The number of hydrogen-bond acceptors (Lipinski definition) is 1. The van der Waals surface area contributed by atoms with Crippen molar-refractivity contribution in [3.8, 4) is 0 Å². The Morgan fingerprint density at radius 3 is 2.50 bits per heavy atom. The van der Waals surface area contributed by atoms with Crippen molar-refractivity contribution in [1.82, 2.24) is 8.84 Å². The third kappa shape index (κ3) is 2.94. The molecule has 2 amide bonds. The van der Waals surface area contributed by atoms with Crippen LogP contribution in [0.15, 0.2) is 12.7 Å². The molecule has 10 heavy (non-hydrogen) atoms. The van der Waals surface area contributed by atoms with E-state index in [1.54, 1.807) is 13.1 Å². The van der Waals surface area contributed by atoms with E-state index in [1.807, 2.05) is 0 Å². The highest BCUT2D eigenvalue weighted by molar-refractivity contribution is 6.41. The Balaban J connectivity index is 3.81. The topological polar surface area (TPSA) is 23.6 Å². The molecule has 0 fully saturated rings. The summed E-state index contributed by atoms with van der Waals surface area (Å²) in [4.78, 5) is 12.1. The van der Waals surface area contributed by atoms with E-state index in [9.17, 15) is 4.79 Å². The van der Waals surface area contributed by atoms with Crippen LogP contribution < -0.4 is 0 Å². The van der Waals surface area contributed by atoms with E-state index in [2.05, 4.69) is 6.58 Å². The number of hydrogen-bond donors (Lipinski definition) is 0. The lowest BCUT2D eigenvalue weighted by atomic mass is 10.6. The fourth-order valence-corrected chi connectivity index (χ4v) is 0.659. The monoisotopic (exact) mass is 182 g/mol. The third-order valence-corrected chi connectivity index (χ3v) is 1.16. The second-order valence-corrected chi connectivity index (χ2v) is 2.53. The SMILES string of the molecule is C=CCN(C)C(=O)N(Cl)Cl. The zero-order valence-corrected chi connectivity index (χ0v) is 7.06. The summed E-state index contributed by atoms with van der Waals surface area (Å²) in [5, 5.41) is 0. The number of urea groups is 1. The fourth-order valence-electron chi connectivity index (χ4n) is 0.401. The van der Waals surface area contributed by atoms with Crippen LogP contribution in [0.25, 0.3) is 0 Å². The van der Waals surface area contributed by atoms with Gasteiger partial charge in [0.1, 0.15) is 0 Å². The van der Waals surface area contributed by atoms with Crippen molar-refractivity contribution in [3.63, 3.8) is 0 Å². The van der Waals surface area contributed by atoms with E-state index in [4.69, 9.17) is 23.6 Å². The van der Waals surface area contributed by atoms with Gasteiger partial charge in [0.05, 0.1) is 0 Å². The number of halogens is 2. The van der Waals surface area contributed by atoms with E-state index >= 15 is 0 Å². The maximum Gasteiger partial charge on any atom is 0.349 e. The van der Waals surface area contributed by atoms with Crippen molar-refractivity contribution >= 4 is 29.6 Å². The molecular weight excluding hydrogens is 175 g/mol. The standard InChI is InChI=1S/C5H8Cl2N2O/c1-3-4-8(2)5(10)9(6)7/h3H,1,4H2,2H3. The van der Waals surface area contributed by atoms with Crippen molar-refractivity contribution in [2.75, 3.05) is 13.6 Å². The molecule has 58 valence electrons. The van der Waals surface area contributed by atoms with Gasteiger partial charge in [-0.15, -0.1) is 10.5 Å². The van der Waals surface area contributed by atoms with Gasteiger partial charge in [-0.3, -0.25) is 0 Å². The maximum absolute atomic E-state index is 10.8. The van der Waals surface area contributed by atoms with Gasteiger partial charge in [0.15, 0.2) is 0 Å². The predicted octanol–water partition coefficient (Wildman–Crippen LogP) is 1.83. The fraction of sp³-hybridized carbons (Fsp3) is 0.400. The molecule has 0 saturated carbocycles. The Bertz CT molecular complexity index is 138. The number of likely N-dealkylation sites (N-methyl/N-ethyl adjacent to an activating group) is 1. The van der Waals surface area contributed by atoms with Crippen LogP contribution in [0.4, 0.5) is 4.79 Å². The largest absolute Gasteiger partial charge is 0.349 e. The van der Waals surface area contributed by atoms with Crippen molar-refractivity contribution in [2.24, 2.45) is 0 Å². The molecule has 0 aliphatic carbocycles. The summed E-state index contributed by atoms with van der Waals surface area (Å²) < 4.78 is 0.476. The highest BCUT2D eigenvalue weighted by Crippen LogP contribution is 2.03. The van der Waals surface area contributed by atoms with Crippen LogP contribution in [-0.4, -0.2) is 28.5 Å². The van der Waals surface area contributed by atoms with Gasteiger partial charge >= 0.3 is 6.03 Å². The minimum Gasteiger partial charge on any atom is -0.322 e. The van der Waals surface area contributed by atoms with Crippen LogP contribution in [0.5, 0.6) is 0 Å². The lowest BCUT2D eigenvalue weighted by Crippen LogP contribution is -2.31. The first-order valence-corrected chi connectivity index (χ1v) is 3.25. The first-order chi connectivity index (χ1) is 4.59. The average Bonchev–Trinajstić information content (AvgIpc) is 1.87. The molecule has 0 heterocycles. The van der Waals surface area contributed by atoms with Gasteiger partial charge in [-0.2, -0.15) is 0 Å². The molecule has 0 aromatic carbocycles. The van der Waals surface area contributed by atoms with E-state index in [0.29, 0.717) is 10.5 Å². The van der Waals surface area contributed by atoms with E-state index in [-0.39, 0.29) is 0 Å². The van der Waals surface area contributed by atoms with E-state index in [1.165, 1.54) is 4.90 Å². The zero-order valence-electron chi connectivity index (χ0n) is 5.55. The van der Waals surface area contributed by atoms with Gasteiger partial charge in [0.25, 0.3) is 0 Å². The summed E-state index contributed by atoms with van der Waals surface area (Å²) in [6, 6.07) is -0.469. The molecule has 5 heteroatoms. The van der Waals surface area contributed by atoms with Gasteiger partial charge in [-0.25, -0.2) is 4.79 Å². The summed E-state index contributed by atoms with van der Waals surface area (Å²) >= 11 is 10.3. The molecule has 0 aliphatic heterocycles. The lowest BCUT2D eigenvalue weighted by molar-refractivity contribution is 0.208. The molecule has 0 N–H and O–H groups in total. The summed E-state index contributed by atoms with van der Waals surface area (Å²) in [5.74, 6) is 0. The second kappa shape index (κ2) is 4.41. The maximum atomic E-state index is 10.8. The van der Waals surface area contributed by atoms with Crippen LogP contribution in [-0.2, 0) is 0 Å². The van der Waals surface area contributed by atoms with Gasteiger partial charge in [-0.05, 0) is 0 Å². The average molecular weight is 183 g/mol. The third-order valence-electron chi connectivity index (χ3n) is 0.874. The molecule has 0 aromatic heterocycles. The second-order valence-electron chi connectivity index (χ2n) is 1.68. The van der Waals surface area contributed by atoms with Crippen molar-refractivity contribution in [3.05, 3.63) is 12.7 Å². The van der Waals surface area contributed by atoms with Crippen LogP contribution in [0.2, 0.25) is 0 Å². The van der Waals surface area contributed by atoms with Crippen LogP contribution >= 0.6 is 23.6 Å². The molecule has 0 spiro atoms. The molecule has 3 nitrogen and oxygen atoms in total. The Morgan fingerprint density at radius 1 is 1.70 bits per heavy atom. The van der Waals surface area contributed by atoms with Gasteiger partial charge in [-0.1, -0.05) is 6.08 Å². The van der Waals surface area contributed by atoms with Crippen molar-refractivity contribution in [1.29, 1.82) is 0 Å². The Labute approximate surface area is 70.0 Å². The molecule has 0 aromatic rings. The number of nitrogens with zero attached hydrogens (tertiary/aromatic N) is 2. The van der Waals surface area contributed by atoms with Gasteiger partial charge in [0, 0.05) is 37.1 Å². The van der Waals surface area contributed by atoms with Crippen LogP contribution in [0.3, 0.4) is 0 Å². The zero-order chi connectivity index (χ0) is 8.15. The summed E-state index contributed by atoms with van der Waals surface area (Å²) in [5.41, 5.74) is 0. The summed E-state index contributed by atoms with van der Waals surface area (Å²) in [6.07, 6.45) is 1.58. The van der Waals surface area contributed by atoms with E-state index < -0.39 is 6.03 Å². The quantitative estimate of drug-likeness (QED) is 0.473. The molecule has 0 bridgehead atoms. The molecule has 0 saturated heterocycles. The van der Waals surface area contributed by atoms with E-state index in [0.717, 1.165) is 0 Å². The number of rotatable bonds is 2.